The molecule has 3 heterocycles. The van der Waals surface area contributed by atoms with E-state index in [-0.39, 0.29) is 17.1 Å². The van der Waals surface area contributed by atoms with Crippen LogP contribution < -0.4 is 0 Å². The van der Waals surface area contributed by atoms with Gasteiger partial charge in [0.05, 0.1) is 18.3 Å². The van der Waals surface area contributed by atoms with Gasteiger partial charge >= 0.3 is 8.60 Å². The van der Waals surface area contributed by atoms with E-state index < -0.39 is 8.60 Å². The van der Waals surface area contributed by atoms with Gasteiger partial charge in [-0.3, -0.25) is 0 Å². The molecule has 3 rings (SSSR count). The zero-order chi connectivity index (χ0) is 12.5. The lowest BCUT2D eigenvalue weighted by Gasteiger charge is -2.57. The third-order valence-corrected chi connectivity index (χ3v) is 5.98. The molecule has 4 atom stereocenters. The second kappa shape index (κ2) is 5.13. The number of fused-ring (bicyclic) bond motifs is 3. The third-order valence-electron chi connectivity index (χ3n) is 4.60. The minimum Gasteiger partial charge on any atom is -0.311 e. The predicted octanol–water partition coefficient (Wildman–Crippen LogP) is 4.41. The Morgan fingerprint density at radius 1 is 1.24 bits per heavy atom. The van der Waals surface area contributed by atoms with E-state index in [1.165, 1.54) is 25.7 Å². The second-order valence-electron chi connectivity index (χ2n) is 5.79. The van der Waals surface area contributed by atoms with E-state index in [0.29, 0.717) is 0 Å². The summed E-state index contributed by atoms with van der Waals surface area (Å²) in [6, 6.07) is 0. The average molecular weight is 260 g/mol. The van der Waals surface area contributed by atoms with Crippen molar-refractivity contribution in [3.05, 3.63) is 0 Å². The SMILES string of the molecule is CCCCCCC1(C)OP2OCC1(C)C(C)O2. The molecule has 4 heteroatoms. The van der Waals surface area contributed by atoms with E-state index in [1.54, 1.807) is 0 Å². The molecule has 2 bridgehead atoms. The Labute approximate surface area is 106 Å². The van der Waals surface area contributed by atoms with Crippen molar-refractivity contribution in [1.82, 2.24) is 0 Å². The van der Waals surface area contributed by atoms with E-state index in [4.69, 9.17) is 13.6 Å². The molecule has 17 heavy (non-hydrogen) atoms. The van der Waals surface area contributed by atoms with Crippen LogP contribution in [0.25, 0.3) is 0 Å². The molecule has 100 valence electrons. The predicted molar refractivity (Wildman–Crippen MR) is 69.8 cm³/mol. The molecule has 0 aromatic rings. The van der Waals surface area contributed by atoms with Crippen LogP contribution in [0.15, 0.2) is 0 Å². The summed E-state index contributed by atoms with van der Waals surface area (Å²) in [5.41, 5.74) is -0.0708. The van der Waals surface area contributed by atoms with Gasteiger partial charge in [0.15, 0.2) is 0 Å². The molecule has 0 aliphatic carbocycles. The van der Waals surface area contributed by atoms with Crippen molar-refractivity contribution in [2.24, 2.45) is 5.41 Å². The van der Waals surface area contributed by atoms with Crippen LogP contribution in [0.3, 0.4) is 0 Å². The fourth-order valence-electron chi connectivity index (χ4n) is 2.70. The minimum absolute atomic E-state index is 0.00367. The topological polar surface area (TPSA) is 27.7 Å². The van der Waals surface area contributed by atoms with Gasteiger partial charge in [-0.25, -0.2) is 0 Å². The molecular weight excluding hydrogens is 235 g/mol. The van der Waals surface area contributed by atoms with Crippen LogP contribution in [0.2, 0.25) is 0 Å². The highest BCUT2D eigenvalue weighted by Crippen LogP contribution is 2.64. The average Bonchev–Trinajstić information content (AvgIpc) is 2.28. The fourth-order valence-corrected chi connectivity index (χ4v) is 4.35. The smallest absolute Gasteiger partial charge is 0.311 e. The lowest BCUT2D eigenvalue weighted by atomic mass is 9.69. The maximum atomic E-state index is 6.05. The minimum atomic E-state index is -1.09. The van der Waals surface area contributed by atoms with Gasteiger partial charge in [0.2, 0.25) is 0 Å². The van der Waals surface area contributed by atoms with E-state index >= 15 is 0 Å². The summed E-state index contributed by atoms with van der Waals surface area (Å²) in [5, 5.41) is 0. The second-order valence-corrected chi connectivity index (χ2v) is 6.89. The van der Waals surface area contributed by atoms with Crippen LogP contribution in [0, 0.1) is 5.41 Å². The van der Waals surface area contributed by atoms with Crippen molar-refractivity contribution in [3.63, 3.8) is 0 Å². The molecule has 0 aromatic carbocycles. The summed E-state index contributed by atoms with van der Waals surface area (Å²) in [6.45, 7) is 9.67. The van der Waals surface area contributed by atoms with Crippen molar-refractivity contribution in [2.75, 3.05) is 6.61 Å². The van der Waals surface area contributed by atoms with Gasteiger partial charge in [0, 0.05) is 5.41 Å². The Morgan fingerprint density at radius 2 is 2.00 bits per heavy atom. The first-order valence-electron chi connectivity index (χ1n) is 6.81. The molecule has 3 aliphatic rings. The summed E-state index contributed by atoms with van der Waals surface area (Å²) in [6.07, 6.45) is 6.52. The lowest BCUT2D eigenvalue weighted by Crippen LogP contribution is -2.60. The van der Waals surface area contributed by atoms with Crippen LogP contribution >= 0.6 is 8.60 Å². The molecule has 0 aromatic heterocycles. The highest BCUT2D eigenvalue weighted by Gasteiger charge is 2.59. The first kappa shape index (κ1) is 13.7. The molecule has 3 saturated heterocycles. The van der Waals surface area contributed by atoms with Crippen LogP contribution in [0.1, 0.15) is 59.8 Å². The molecule has 0 saturated carbocycles. The highest BCUT2D eigenvalue weighted by molar-refractivity contribution is 7.42. The largest absolute Gasteiger partial charge is 0.333 e. The maximum Gasteiger partial charge on any atom is 0.333 e. The Balaban J connectivity index is 1.98. The van der Waals surface area contributed by atoms with E-state index in [9.17, 15) is 0 Å². The van der Waals surface area contributed by atoms with Crippen molar-refractivity contribution in [2.45, 2.75) is 71.5 Å². The van der Waals surface area contributed by atoms with Crippen LogP contribution in [0.5, 0.6) is 0 Å². The standard InChI is InChI=1S/C13H25O3P/c1-5-6-7-8-9-13(4)12(3)10-14-17(16-13)15-11(12)2/h11H,5-10H2,1-4H3. The molecular formula is C13H25O3P. The first-order chi connectivity index (χ1) is 8.02. The Kier molecular flexibility index (Phi) is 4.14. The Bertz CT molecular complexity index is 273. The van der Waals surface area contributed by atoms with Gasteiger partial charge < -0.3 is 13.6 Å². The molecule has 3 aliphatic heterocycles. The maximum absolute atomic E-state index is 6.05. The van der Waals surface area contributed by atoms with Crippen molar-refractivity contribution in [1.29, 1.82) is 0 Å². The summed E-state index contributed by atoms with van der Waals surface area (Å²) in [7, 11) is -1.09. The molecule has 0 spiro atoms. The first-order valence-corrected chi connectivity index (χ1v) is 7.90. The van der Waals surface area contributed by atoms with Crippen LogP contribution in [0.4, 0.5) is 0 Å². The van der Waals surface area contributed by atoms with Gasteiger partial charge in [-0.05, 0) is 20.3 Å². The lowest BCUT2D eigenvalue weighted by molar-refractivity contribution is -0.200. The van der Waals surface area contributed by atoms with Crippen molar-refractivity contribution in [3.8, 4) is 0 Å². The molecule has 0 amide bonds. The Morgan fingerprint density at radius 3 is 2.65 bits per heavy atom. The summed E-state index contributed by atoms with van der Waals surface area (Å²) in [5.74, 6) is 0. The Hall–Kier alpha value is 0.310. The quantitative estimate of drug-likeness (QED) is 0.541. The fraction of sp³-hybridized carbons (Fsp3) is 1.00. The molecule has 0 N–H and O–H groups in total. The van der Waals surface area contributed by atoms with Crippen molar-refractivity contribution >= 4 is 8.60 Å². The van der Waals surface area contributed by atoms with Crippen molar-refractivity contribution < 1.29 is 13.6 Å². The number of unbranched alkanes of at least 4 members (excludes halogenated alkanes) is 3. The normalized spacial score (nSPS) is 45.2. The zero-order valence-electron chi connectivity index (χ0n) is 11.5. The molecule has 4 unspecified atom stereocenters. The third kappa shape index (κ3) is 2.40. The number of hydrogen-bond acceptors (Lipinski definition) is 3. The number of hydrogen-bond donors (Lipinski definition) is 0. The molecule has 0 radical (unpaired) electrons. The summed E-state index contributed by atoms with van der Waals surface area (Å²) in [4.78, 5) is 0. The van der Waals surface area contributed by atoms with Gasteiger partial charge in [0.1, 0.15) is 0 Å². The highest BCUT2D eigenvalue weighted by atomic mass is 31.2. The van der Waals surface area contributed by atoms with Crippen LogP contribution in [-0.4, -0.2) is 18.3 Å². The molecule has 3 nitrogen and oxygen atoms in total. The molecule has 3 fully saturated rings. The zero-order valence-corrected chi connectivity index (χ0v) is 12.4. The van der Waals surface area contributed by atoms with E-state index in [1.807, 2.05) is 0 Å². The van der Waals surface area contributed by atoms with Gasteiger partial charge in [-0.15, -0.1) is 0 Å². The van der Waals surface area contributed by atoms with Gasteiger partial charge in [0.25, 0.3) is 0 Å². The summed E-state index contributed by atoms with van der Waals surface area (Å²) < 4.78 is 17.4. The van der Waals surface area contributed by atoms with Gasteiger partial charge in [-0.2, -0.15) is 0 Å². The van der Waals surface area contributed by atoms with Crippen LogP contribution in [-0.2, 0) is 13.6 Å². The van der Waals surface area contributed by atoms with Gasteiger partial charge in [-0.1, -0.05) is 39.5 Å². The monoisotopic (exact) mass is 260 g/mol. The van der Waals surface area contributed by atoms with E-state index in [2.05, 4.69) is 27.7 Å². The van der Waals surface area contributed by atoms with E-state index in [0.717, 1.165) is 13.0 Å². The number of rotatable bonds is 5. The summed E-state index contributed by atoms with van der Waals surface area (Å²) >= 11 is 0.